The SMILES string of the molecule is CCN1C[C@H](C(=O)NCCn2cc(Cl)cn2)CC1=O. The Morgan fingerprint density at radius 2 is 2.42 bits per heavy atom. The van der Waals surface area contributed by atoms with Crippen molar-refractivity contribution < 1.29 is 9.59 Å². The Balaban J connectivity index is 1.74. The molecule has 0 aliphatic carbocycles. The summed E-state index contributed by atoms with van der Waals surface area (Å²) in [5.41, 5.74) is 0. The van der Waals surface area contributed by atoms with Crippen LogP contribution < -0.4 is 5.32 Å². The molecule has 104 valence electrons. The fourth-order valence-corrected chi connectivity index (χ4v) is 2.31. The van der Waals surface area contributed by atoms with Gasteiger partial charge in [-0.15, -0.1) is 0 Å². The second-order valence-electron chi connectivity index (χ2n) is 4.55. The molecule has 6 nitrogen and oxygen atoms in total. The third kappa shape index (κ3) is 3.47. The number of carbonyl (C=O) groups is 2. The van der Waals surface area contributed by atoms with Gasteiger partial charge in [0, 0.05) is 32.3 Å². The van der Waals surface area contributed by atoms with Crippen molar-refractivity contribution in [1.29, 1.82) is 0 Å². The Kier molecular flexibility index (Phi) is 4.42. The number of carbonyl (C=O) groups excluding carboxylic acids is 2. The highest BCUT2D eigenvalue weighted by Gasteiger charge is 2.32. The molecule has 0 bridgehead atoms. The van der Waals surface area contributed by atoms with E-state index in [1.807, 2.05) is 6.92 Å². The van der Waals surface area contributed by atoms with E-state index in [0.29, 0.717) is 37.6 Å². The molecule has 1 aliphatic heterocycles. The van der Waals surface area contributed by atoms with Gasteiger partial charge in [-0.3, -0.25) is 14.3 Å². The lowest BCUT2D eigenvalue weighted by molar-refractivity contribution is -0.128. The average Bonchev–Trinajstić information content (AvgIpc) is 2.95. The summed E-state index contributed by atoms with van der Waals surface area (Å²) in [4.78, 5) is 25.1. The van der Waals surface area contributed by atoms with E-state index in [4.69, 9.17) is 11.6 Å². The molecule has 0 radical (unpaired) electrons. The minimum absolute atomic E-state index is 0.0570. The summed E-state index contributed by atoms with van der Waals surface area (Å²) >= 11 is 5.74. The van der Waals surface area contributed by atoms with Gasteiger partial charge in [0.05, 0.1) is 23.7 Å². The molecule has 1 aromatic heterocycles. The number of aromatic nitrogens is 2. The van der Waals surface area contributed by atoms with Crippen molar-refractivity contribution in [2.75, 3.05) is 19.6 Å². The summed E-state index contributed by atoms with van der Waals surface area (Å²) in [5.74, 6) is -0.238. The molecule has 0 unspecified atom stereocenters. The van der Waals surface area contributed by atoms with Crippen molar-refractivity contribution in [3.05, 3.63) is 17.4 Å². The highest BCUT2D eigenvalue weighted by Crippen LogP contribution is 2.17. The van der Waals surface area contributed by atoms with Gasteiger partial charge < -0.3 is 10.2 Å². The van der Waals surface area contributed by atoms with E-state index in [1.54, 1.807) is 22.0 Å². The minimum Gasteiger partial charge on any atom is -0.354 e. The van der Waals surface area contributed by atoms with Gasteiger partial charge in [0.1, 0.15) is 0 Å². The van der Waals surface area contributed by atoms with Crippen LogP contribution in [0.25, 0.3) is 0 Å². The van der Waals surface area contributed by atoms with Crippen LogP contribution in [0.4, 0.5) is 0 Å². The molecule has 2 rings (SSSR count). The van der Waals surface area contributed by atoms with Crippen molar-refractivity contribution >= 4 is 23.4 Å². The summed E-state index contributed by atoms with van der Waals surface area (Å²) in [5, 5.41) is 7.42. The van der Waals surface area contributed by atoms with Gasteiger partial charge in [0.25, 0.3) is 0 Å². The highest BCUT2D eigenvalue weighted by atomic mass is 35.5. The Hall–Kier alpha value is -1.56. The molecule has 1 aromatic rings. The van der Waals surface area contributed by atoms with E-state index in [-0.39, 0.29) is 17.7 Å². The Morgan fingerprint density at radius 1 is 1.63 bits per heavy atom. The molecule has 7 heteroatoms. The molecule has 1 fully saturated rings. The van der Waals surface area contributed by atoms with Gasteiger partial charge in [-0.25, -0.2) is 0 Å². The molecule has 1 saturated heterocycles. The van der Waals surface area contributed by atoms with E-state index in [2.05, 4.69) is 10.4 Å². The maximum absolute atomic E-state index is 11.9. The summed E-state index contributed by atoms with van der Waals surface area (Å²) in [6.45, 7) is 4.15. The lowest BCUT2D eigenvalue weighted by Gasteiger charge is -2.13. The molecule has 0 spiro atoms. The number of likely N-dealkylation sites (tertiary alicyclic amines) is 1. The Bertz CT molecular complexity index is 474. The lowest BCUT2D eigenvalue weighted by atomic mass is 10.1. The summed E-state index contributed by atoms with van der Waals surface area (Å²) in [6.07, 6.45) is 3.57. The molecule has 2 heterocycles. The summed E-state index contributed by atoms with van der Waals surface area (Å²) in [7, 11) is 0. The second kappa shape index (κ2) is 6.06. The first kappa shape index (κ1) is 13.9. The van der Waals surface area contributed by atoms with Crippen molar-refractivity contribution in [3.63, 3.8) is 0 Å². The predicted molar refractivity (Wildman–Crippen MR) is 70.6 cm³/mol. The van der Waals surface area contributed by atoms with E-state index in [0.717, 1.165) is 0 Å². The largest absolute Gasteiger partial charge is 0.354 e. The zero-order chi connectivity index (χ0) is 13.8. The van der Waals surface area contributed by atoms with Gasteiger partial charge in [0.15, 0.2) is 0 Å². The molecule has 1 N–H and O–H groups in total. The third-order valence-corrected chi connectivity index (χ3v) is 3.40. The molecular weight excluding hydrogens is 268 g/mol. The summed E-state index contributed by atoms with van der Waals surface area (Å²) < 4.78 is 1.67. The van der Waals surface area contributed by atoms with E-state index in [9.17, 15) is 9.59 Å². The van der Waals surface area contributed by atoms with E-state index in [1.165, 1.54) is 0 Å². The molecule has 0 saturated carbocycles. The van der Waals surface area contributed by atoms with Gasteiger partial charge in [-0.1, -0.05) is 11.6 Å². The van der Waals surface area contributed by atoms with E-state index >= 15 is 0 Å². The van der Waals surface area contributed by atoms with Crippen LogP contribution in [0.5, 0.6) is 0 Å². The highest BCUT2D eigenvalue weighted by molar-refractivity contribution is 6.30. The normalized spacial score (nSPS) is 18.9. The smallest absolute Gasteiger partial charge is 0.225 e. The van der Waals surface area contributed by atoms with Crippen LogP contribution >= 0.6 is 11.6 Å². The molecular formula is C12H17ClN4O2. The Morgan fingerprint density at radius 3 is 3.00 bits per heavy atom. The molecule has 1 atom stereocenters. The predicted octanol–water partition coefficient (Wildman–Crippen LogP) is 0.521. The summed E-state index contributed by atoms with van der Waals surface area (Å²) in [6, 6.07) is 0. The van der Waals surface area contributed by atoms with Gasteiger partial charge >= 0.3 is 0 Å². The standard InChI is InChI=1S/C12H17ClN4O2/c1-2-16-7-9(5-11(16)18)12(19)14-3-4-17-8-10(13)6-15-17/h6,8-9H,2-5,7H2,1H3,(H,14,19)/t9-/m1/s1. The second-order valence-corrected chi connectivity index (χ2v) is 4.98. The van der Waals surface area contributed by atoms with Crippen LogP contribution in [0.15, 0.2) is 12.4 Å². The molecule has 2 amide bonds. The van der Waals surface area contributed by atoms with Crippen LogP contribution in [0.2, 0.25) is 5.02 Å². The zero-order valence-corrected chi connectivity index (χ0v) is 11.6. The third-order valence-electron chi connectivity index (χ3n) is 3.21. The first-order valence-corrected chi connectivity index (χ1v) is 6.71. The number of hydrogen-bond acceptors (Lipinski definition) is 3. The van der Waals surface area contributed by atoms with Crippen LogP contribution in [0.1, 0.15) is 13.3 Å². The topological polar surface area (TPSA) is 67.2 Å². The van der Waals surface area contributed by atoms with Crippen LogP contribution in [0.3, 0.4) is 0 Å². The number of hydrogen-bond donors (Lipinski definition) is 1. The molecule has 0 aromatic carbocycles. The van der Waals surface area contributed by atoms with Gasteiger partial charge in [0.2, 0.25) is 11.8 Å². The zero-order valence-electron chi connectivity index (χ0n) is 10.8. The minimum atomic E-state index is -0.228. The van der Waals surface area contributed by atoms with Crippen LogP contribution in [-0.4, -0.2) is 46.1 Å². The number of halogens is 1. The van der Waals surface area contributed by atoms with Gasteiger partial charge in [-0.2, -0.15) is 5.10 Å². The first-order valence-electron chi connectivity index (χ1n) is 6.33. The van der Waals surface area contributed by atoms with Crippen molar-refractivity contribution in [1.82, 2.24) is 20.0 Å². The van der Waals surface area contributed by atoms with Crippen molar-refractivity contribution in [2.45, 2.75) is 19.9 Å². The monoisotopic (exact) mass is 284 g/mol. The van der Waals surface area contributed by atoms with Gasteiger partial charge in [-0.05, 0) is 6.92 Å². The maximum Gasteiger partial charge on any atom is 0.225 e. The fraction of sp³-hybridized carbons (Fsp3) is 0.583. The maximum atomic E-state index is 11.9. The average molecular weight is 285 g/mol. The fourth-order valence-electron chi connectivity index (χ4n) is 2.15. The number of nitrogens with zero attached hydrogens (tertiary/aromatic N) is 3. The van der Waals surface area contributed by atoms with E-state index < -0.39 is 0 Å². The van der Waals surface area contributed by atoms with Crippen LogP contribution in [-0.2, 0) is 16.1 Å². The Labute approximate surface area is 116 Å². The number of amides is 2. The lowest BCUT2D eigenvalue weighted by Crippen LogP contribution is -2.34. The van der Waals surface area contributed by atoms with Crippen LogP contribution in [0, 0.1) is 5.92 Å². The molecule has 19 heavy (non-hydrogen) atoms. The van der Waals surface area contributed by atoms with Crippen molar-refractivity contribution in [3.8, 4) is 0 Å². The molecule has 1 aliphatic rings. The quantitative estimate of drug-likeness (QED) is 0.857. The van der Waals surface area contributed by atoms with Crippen molar-refractivity contribution in [2.24, 2.45) is 5.92 Å². The number of nitrogens with one attached hydrogen (secondary N) is 1. The first-order chi connectivity index (χ1) is 9.10. The number of rotatable bonds is 5.